The van der Waals surface area contributed by atoms with E-state index in [1.165, 1.54) is 21.5 Å². The van der Waals surface area contributed by atoms with Gasteiger partial charge in [-0.3, -0.25) is 4.90 Å². The lowest BCUT2D eigenvalue weighted by molar-refractivity contribution is 0.611. The topological polar surface area (TPSA) is 34.2 Å². The van der Waals surface area contributed by atoms with Gasteiger partial charge in [0, 0.05) is 27.4 Å². The van der Waals surface area contributed by atoms with Crippen molar-refractivity contribution >= 4 is 71.8 Å². The van der Waals surface area contributed by atoms with Crippen molar-refractivity contribution in [2.24, 2.45) is 0 Å². The summed E-state index contributed by atoms with van der Waals surface area (Å²) in [7, 11) is 0. The maximum Gasteiger partial charge on any atom is 0.307 e. The zero-order valence-electron chi connectivity index (χ0n) is 26.5. The predicted octanol–water partition coefficient (Wildman–Crippen LogP) is 12.4. The van der Waals surface area contributed by atoms with Crippen LogP contribution < -0.4 is 4.90 Å². The van der Waals surface area contributed by atoms with Crippen LogP contribution in [0.2, 0.25) is 0 Å². The molecule has 8 aromatic carbocycles. The number of para-hydroxylation sites is 3. The third-order valence-electron chi connectivity index (χ3n) is 9.62. The third-order valence-corrected chi connectivity index (χ3v) is 9.62. The maximum absolute atomic E-state index is 6.89. The Hall–Kier alpha value is -6.65. The molecule has 0 atom stereocenters. The SMILES string of the molecule is c1ccc(-c2ccccc2N(c2ccc3c4ccccc4n(-c4ccccc4)c3c2)c2nc3ccc4c5ccccc5ccc4c3o2)cc1. The average Bonchev–Trinajstić information content (AvgIpc) is 3.75. The number of nitrogens with zero attached hydrogens (tertiary/aromatic N) is 3. The maximum atomic E-state index is 6.89. The van der Waals surface area contributed by atoms with Gasteiger partial charge in [0.2, 0.25) is 0 Å². The number of fused-ring (bicyclic) bond motifs is 8. The number of benzene rings is 8. The van der Waals surface area contributed by atoms with Crippen LogP contribution in [0.15, 0.2) is 180 Å². The highest BCUT2D eigenvalue weighted by Gasteiger charge is 2.24. The molecule has 0 saturated carbocycles. The lowest BCUT2D eigenvalue weighted by Crippen LogP contribution is -2.11. The molecule has 49 heavy (non-hydrogen) atoms. The van der Waals surface area contributed by atoms with Crippen LogP contribution in [0.1, 0.15) is 0 Å². The van der Waals surface area contributed by atoms with Crippen LogP contribution in [0.3, 0.4) is 0 Å². The lowest BCUT2D eigenvalue weighted by Gasteiger charge is -2.24. The molecule has 0 aliphatic heterocycles. The Morgan fingerprint density at radius 2 is 1.16 bits per heavy atom. The van der Waals surface area contributed by atoms with Crippen molar-refractivity contribution in [3.05, 3.63) is 176 Å². The van der Waals surface area contributed by atoms with Crippen molar-refractivity contribution in [2.75, 3.05) is 4.90 Å². The van der Waals surface area contributed by atoms with Gasteiger partial charge < -0.3 is 8.98 Å². The molecule has 10 rings (SSSR count). The van der Waals surface area contributed by atoms with Crippen LogP contribution in [0, 0.1) is 0 Å². The first kappa shape index (κ1) is 27.5. The molecule has 2 aromatic heterocycles. The van der Waals surface area contributed by atoms with Gasteiger partial charge in [-0.05, 0) is 70.3 Å². The normalized spacial score (nSPS) is 11.7. The molecule has 0 unspecified atom stereocenters. The van der Waals surface area contributed by atoms with Gasteiger partial charge in [-0.1, -0.05) is 127 Å². The summed E-state index contributed by atoms with van der Waals surface area (Å²) >= 11 is 0. The molecule has 4 heteroatoms. The predicted molar refractivity (Wildman–Crippen MR) is 203 cm³/mol. The van der Waals surface area contributed by atoms with Crippen molar-refractivity contribution in [2.45, 2.75) is 0 Å². The third kappa shape index (κ3) is 4.35. The summed E-state index contributed by atoms with van der Waals surface area (Å²) in [4.78, 5) is 7.35. The molecule has 0 bridgehead atoms. The Labute approximate surface area is 282 Å². The second kappa shape index (κ2) is 11.0. The summed E-state index contributed by atoms with van der Waals surface area (Å²) < 4.78 is 9.23. The average molecular weight is 628 g/mol. The molecule has 2 heterocycles. The van der Waals surface area contributed by atoms with E-state index in [0.717, 1.165) is 61.1 Å². The molecule has 0 aliphatic rings. The molecule has 0 fully saturated rings. The minimum absolute atomic E-state index is 0.515. The highest BCUT2D eigenvalue weighted by molar-refractivity contribution is 6.15. The minimum Gasteiger partial charge on any atom is -0.422 e. The molecule has 0 aliphatic carbocycles. The van der Waals surface area contributed by atoms with Crippen LogP contribution in [-0.4, -0.2) is 9.55 Å². The zero-order chi connectivity index (χ0) is 32.3. The summed E-state index contributed by atoms with van der Waals surface area (Å²) in [5.74, 6) is 0. The molecule has 0 N–H and O–H groups in total. The van der Waals surface area contributed by atoms with Gasteiger partial charge in [-0.2, -0.15) is 4.98 Å². The van der Waals surface area contributed by atoms with E-state index >= 15 is 0 Å². The van der Waals surface area contributed by atoms with Crippen LogP contribution in [0.5, 0.6) is 0 Å². The molecule has 0 saturated heterocycles. The molecular weight excluding hydrogens is 599 g/mol. The van der Waals surface area contributed by atoms with Gasteiger partial charge in [0.25, 0.3) is 0 Å². The van der Waals surface area contributed by atoms with Crippen LogP contribution >= 0.6 is 0 Å². The quantitative estimate of drug-likeness (QED) is 0.178. The van der Waals surface area contributed by atoms with Gasteiger partial charge in [-0.15, -0.1) is 0 Å². The van der Waals surface area contributed by atoms with Crippen LogP contribution in [0.4, 0.5) is 17.4 Å². The largest absolute Gasteiger partial charge is 0.422 e. The Kier molecular flexibility index (Phi) is 6.15. The number of hydrogen-bond donors (Lipinski definition) is 0. The molecule has 230 valence electrons. The summed E-state index contributed by atoms with van der Waals surface area (Å²) in [5.41, 5.74) is 9.13. The number of hydrogen-bond acceptors (Lipinski definition) is 3. The van der Waals surface area contributed by atoms with E-state index in [1.54, 1.807) is 0 Å². The van der Waals surface area contributed by atoms with Crippen molar-refractivity contribution in [1.82, 2.24) is 9.55 Å². The second-order valence-electron chi connectivity index (χ2n) is 12.4. The van der Waals surface area contributed by atoms with Crippen molar-refractivity contribution in [3.8, 4) is 16.8 Å². The van der Waals surface area contributed by atoms with E-state index in [9.17, 15) is 0 Å². The van der Waals surface area contributed by atoms with E-state index < -0.39 is 0 Å². The first-order valence-electron chi connectivity index (χ1n) is 16.6. The van der Waals surface area contributed by atoms with Crippen molar-refractivity contribution < 1.29 is 4.42 Å². The molecule has 0 amide bonds. The number of aromatic nitrogens is 2. The van der Waals surface area contributed by atoms with Crippen LogP contribution in [-0.2, 0) is 0 Å². The van der Waals surface area contributed by atoms with Crippen molar-refractivity contribution in [3.63, 3.8) is 0 Å². The highest BCUT2D eigenvalue weighted by Crippen LogP contribution is 2.44. The highest BCUT2D eigenvalue weighted by atomic mass is 16.4. The Morgan fingerprint density at radius 3 is 2.04 bits per heavy atom. The number of oxazole rings is 1. The molecule has 10 aromatic rings. The van der Waals surface area contributed by atoms with Gasteiger partial charge in [0.1, 0.15) is 5.52 Å². The second-order valence-corrected chi connectivity index (χ2v) is 12.4. The van der Waals surface area contributed by atoms with E-state index in [0.29, 0.717) is 6.01 Å². The summed E-state index contributed by atoms with van der Waals surface area (Å²) in [5, 5.41) is 7.00. The fourth-order valence-electron chi connectivity index (χ4n) is 7.39. The van der Waals surface area contributed by atoms with Gasteiger partial charge in [0.05, 0.1) is 22.4 Å². The fraction of sp³-hybridized carbons (Fsp3) is 0. The molecule has 0 radical (unpaired) electrons. The van der Waals surface area contributed by atoms with E-state index in [4.69, 9.17) is 9.40 Å². The fourth-order valence-corrected chi connectivity index (χ4v) is 7.39. The molecular formula is C45H29N3O. The van der Waals surface area contributed by atoms with Gasteiger partial charge in [0.15, 0.2) is 5.58 Å². The molecule has 4 nitrogen and oxygen atoms in total. The van der Waals surface area contributed by atoms with Crippen molar-refractivity contribution in [1.29, 1.82) is 0 Å². The monoisotopic (exact) mass is 627 g/mol. The van der Waals surface area contributed by atoms with E-state index in [2.05, 4.69) is 185 Å². The minimum atomic E-state index is 0.515. The number of anilines is 3. The summed E-state index contributed by atoms with van der Waals surface area (Å²) in [6.45, 7) is 0. The smallest absolute Gasteiger partial charge is 0.307 e. The summed E-state index contributed by atoms with van der Waals surface area (Å²) in [6.07, 6.45) is 0. The Morgan fingerprint density at radius 1 is 0.490 bits per heavy atom. The first-order chi connectivity index (χ1) is 24.3. The Bertz CT molecular complexity index is 2830. The summed E-state index contributed by atoms with van der Waals surface area (Å²) in [6, 6.07) is 62.4. The zero-order valence-corrected chi connectivity index (χ0v) is 26.5. The van der Waals surface area contributed by atoms with E-state index in [1.807, 2.05) is 0 Å². The lowest BCUT2D eigenvalue weighted by atomic mass is 10.0. The first-order valence-corrected chi connectivity index (χ1v) is 16.6. The van der Waals surface area contributed by atoms with E-state index in [-0.39, 0.29) is 0 Å². The van der Waals surface area contributed by atoms with Crippen LogP contribution in [0.25, 0.3) is 71.3 Å². The molecule has 0 spiro atoms. The Balaban J connectivity index is 1.26. The van der Waals surface area contributed by atoms with Gasteiger partial charge >= 0.3 is 6.01 Å². The standard InChI is InChI=1S/C45H29N3O/c1-3-13-30(14-4-1)35-19-9-11-21-41(35)48(45-46-40-28-27-36-34-18-8-7-15-31(34)23-25-39(36)44(40)49-45)33-24-26-38-37-20-10-12-22-42(37)47(43(38)29-33)32-16-5-2-6-17-32/h1-29H. The van der Waals surface area contributed by atoms with Gasteiger partial charge in [-0.25, -0.2) is 0 Å². The number of rotatable bonds is 5.